The summed E-state index contributed by atoms with van der Waals surface area (Å²) in [5.41, 5.74) is 0.947. The van der Waals surface area contributed by atoms with Gasteiger partial charge in [-0.2, -0.15) is 5.10 Å². The van der Waals surface area contributed by atoms with Crippen molar-refractivity contribution in [3.05, 3.63) is 48.2 Å². The highest BCUT2D eigenvalue weighted by Crippen LogP contribution is 2.15. The number of carbonyl (C=O) groups is 3. The van der Waals surface area contributed by atoms with Gasteiger partial charge in [-0.3, -0.25) is 19.1 Å². The van der Waals surface area contributed by atoms with E-state index in [0.717, 1.165) is 5.56 Å². The van der Waals surface area contributed by atoms with Crippen molar-refractivity contribution in [2.75, 3.05) is 19.4 Å². The zero-order valence-electron chi connectivity index (χ0n) is 16.5. The van der Waals surface area contributed by atoms with Crippen LogP contribution in [0.3, 0.4) is 0 Å². The Morgan fingerprint density at radius 2 is 1.82 bits per heavy atom. The molecule has 0 spiro atoms. The zero-order chi connectivity index (χ0) is 20.5. The molecule has 1 aromatic carbocycles. The molecular weight excluding hydrogens is 358 g/mol. The van der Waals surface area contributed by atoms with Crippen LogP contribution >= 0.6 is 0 Å². The lowest BCUT2D eigenvalue weighted by Crippen LogP contribution is -2.37. The average Bonchev–Trinajstić information content (AvgIpc) is 3.13. The van der Waals surface area contributed by atoms with Crippen molar-refractivity contribution in [3.8, 4) is 0 Å². The number of benzene rings is 1. The van der Waals surface area contributed by atoms with Crippen molar-refractivity contribution in [2.24, 2.45) is 0 Å². The predicted octanol–water partition coefficient (Wildman–Crippen LogP) is 1.96. The van der Waals surface area contributed by atoms with Gasteiger partial charge in [0.05, 0.1) is 6.04 Å². The predicted molar refractivity (Wildman–Crippen MR) is 106 cm³/mol. The van der Waals surface area contributed by atoms with Crippen molar-refractivity contribution in [2.45, 2.75) is 38.8 Å². The molecule has 0 fully saturated rings. The summed E-state index contributed by atoms with van der Waals surface area (Å²) in [5, 5.41) is 9.45. The Labute approximate surface area is 164 Å². The van der Waals surface area contributed by atoms with Crippen LogP contribution in [0.25, 0.3) is 0 Å². The number of nitrogens with one attached hydrogen (secondary N) is 2. The maximum Gasteiger partial charge on any atom is 0.314 e. The Morgan fingerprint density at radius 1 is 1.11 bits per heavy atom. The maximum absolute atomic E-state index is 12.2. The SMILES string of the molecule is CCC(NC(=O)C(=O)Nc1ccn(CCCC(=O)N(C)C)n1)c1ccccc1. The lowest BCUT2D eigenvalue weighted by atomic mass is 10.0. The van der Waals surface area contributed by atoms with Crippen LogP contribution < -0.4 is 10.6 Å². The van der Waals surface area contributed by atoms with Crippen molar-refractivity contribution < 1.29 is 14.4 Å². The fourth-order valence-corrected chi connectivity index (χ4v) is 2.67. The Kier molecular flexibility index (Phi) is 7.74. The molecule has 2 N–H and O–H groups in total. The molecule has 0 saturated carbocycles. The summed E-state index contributed by atoms with van der Waals surface area (Å²) in [6.45, 7) is 2.49. The number of rotatable bonds is 8. The minimum Gasteiger partial charge on any atom is -0.349 e. The average molecular weight is 385 g/mol. The Balaban J connectivity index is 1.84. The molecule has 0 saturated heterocycles. The van der Waals surface area contributed by atoms with Crippen LogP contribution in [0.15, 0.2) is 42.6 Å². The fraction of sp³-hybridized carbons (Fsp3) is 0.400. The van der Waals surface area contributed by atoms with Crippen LogP contribution in [0.4, 0.5) is 5.82 Å². The van der Waals surface area contributed by atoms with E-state index in [0.29, 0.717) is 31.6 Å². The Hall–Kier alpha value is -3.16. The van der Waals surface area contributed by atoms with E-state index in [2.05, 4.69) is 15.7 Å². The lowest BCUT2D eigenvalue weighted by molar-refractivity contribution is -0.136. The molecule has 8 nitrogen and oxygen atoms in total. The molecule has 2 rings (SSSR count). The first-order chi connectivity index (χ1) is 13.4. The second-order valence-corrected chi connectivity index (χ2v) is 6.65. The number of anilines is 1. The van der Waals surface area contributed by atoms with Gasteiger partial charge in [0, 0.05) is 39.3 Å². The van der Waals surface area contributed by atoms with Gasteiger partial charge in [-0.1, -0.05) is 37.3 Å². The van der Waals surface area contributed by atoms with Gasteiger partial charge in [0.25, 0.3) is 0 Å². The summed E-state index contributed by atoms with van der Waals surface area (Å²) in [7, 11) is 3.44. The molecule has 0 bridgehead atoms. The van der Waals surface area contributed by atoms with Crippen molar-refractivity contribution in [1.82, 2.24) is 20.0 Å². The number of aromatic nitrogens is 2. The zero-order valence-corrected chi connectivity index (χ0v) is 16.5. The van der Waals surface area contributed by atoms with Crippen LogP contribution in [-0.2, 0) is 20.9 Å². The third-order valence-corrected chi connectivity index (χ3v) is 4.28. The smallest absolute Gasteiger partial charge is 0.314 e. The summed E-state index contributed by atoms with van der Waals surface area (Å²) in [6, 6.07) is 10.9. The topological polar surface area (TPSA) is 96.3 Å². The molecule has 0 aliphatic heterocycles. The number of carbonyl (C=O) groups excluding carboxylic acids is 3. The van der Waals surface area contributed by atoms with E-state index in [1.54, 1.807) is 35.9 Å². The second kappa shape index (κ2) is 10.2. The highest BCUT2D eigenvalue weighted by Gasteiger charge is 2.19. The van der Waals surface area contributed by atoms with E-state index in [-0.39, 0.29) is 11.9 Å². The van der Waals surface area contributed by atoms with E-state index in [1.165, 1.54) is 0 Å². The van der Waals surface area contributed by atoms with E-state index >= 15 is 0 Å². The van der Waals surface area contributed by atoms with Gasteiger partial charge in [0.15, 0.2) is 5.82 Å². The molecular formula is C20H27N5O3. The molecule has 2 aromatic rings. The molecule has 1 heterocycles. The minimum absolute atomic E-state index is 0.0567. The van der Waals surface area contributed by atoms with Gasteiger partial charge < -0.3 is 15.5 Å². The second-order valence-electron chi connectivity index (χ2n) is 6.65. The normalized spacial score (nSPS) is 11.5. The lowest BCUT2D eigenvalue weighted by Gasteiger charge is -2.16. The van der Waals surface area contributed by atoms with Crippen LogP contribution in [0.1, 0.15) is 37.8 Å². The van der Waals surface area contributed by atoms with E-state index in [1.807, 2.05) is 37.3 Å². The fourth-order valence-electron chi connectivity index (χ4n) is 2.67. The summed E-state index contributed by atoms with van der Waals surface area (Å²) in [6.07, 6.45) is 3.44. The largest absolute Gasteiger partial charge is 0.349 e. The quantitative estimate of drug-likeness (QED) is 0.679. The highest BCUT2D eigenvalue weighted by molar-refractivity contribution is 6.39. The number of amides is 3. The summed E-state index contributed by atoms with van der Waals surface area (Å²) >= 11 is 0. The first-order valence-electron chi connectivity index (χ1n) is 9.31. The van der Waals surface area contributed by atoms with Gasteiger partial charge in [0.1, 0.15) is 0 Å². The van der Waals surface area contributed by atoms with Crippen LogP contribution in [0, 0.1) is 0 Å². The van der Waals surface area contributed by atoms with Gasteiger partial charge in [-0.25, -0.2) is 0 Å². The molecule has 1 aromatic heterocycles. The van der Waals surface area contributed by atoms with Crippen molar-refractivity contribution >= 4 is 23.5 Å². The summed E-state index contributed by atoms with van der Waals surface area (Å²) in [4.78, 5) is 37.5. The van der Waals surface area contributed by atoms with Gasteiger partial charge in [0.2, 0.25) is 5.91 Å². The van der Waals surface area contributed by atoms with E-state index in [4.69, 9.17) is 0 Å². The molecule has 1 unspecified atom stereocenters. The third-order valence-electron chi connectivity index (χ3n) is 4.28. The van der Waals surface area contributed by atoms with Gasteiger partial charge >= 0.3 is 11.8 Å². The number of nitrogens with zero attached hydrogens (tertiary/aromatic N) is 3. The molecule has 8 heteroatoms. The van der Waals surface area contributed by atoms with Crippen molar-refractivity contribution in [1.29, 1.82) is 0 Å². The molecule has 1 atom stereocenters. The van der Waals surface area contributed by atoms with Crippen molar-refractivity contribution in [3.63, 3.8) is 0 Å². The van der Waals surface area contributed by atoms with Gasteiger partial charge in [-0.05, 0) is 18.4 Å². The Morgan fingerprint density at radius 3 is 2.46 bits per heavy atom. The number of aryl methyl sites for hydroxylation is 1. The molecule has 0 radical (unpaired) electrons. The minimum atomic E-state index is -0.762. The number of hydrogen-bond acceptors (Lipinski definition) is 4. The third kappa shape index (κ3) is 6.22. The Bertz CT molecular complexity index is 801. The van der Waals surface area contributed by atoms with E-state index in [9.17, 15) is 14.4 Å². The van der Waals surface area contributed by atoms with Crippen LogP contribution in [-0.4, -0.2) is 46.5 Å². The molecule has 150 valence electrons. The van der Waals surface area contributed by atoms with Crippen LogP contribution in [0.2, 0.25) is 0 Å². The maximum atomic E-state index is 12.2. The molecule has 0 aliphatic rings. The highest BCUT2D eigenvalue weighted by atomic mass is 16.2. The summed E-state index contributed by atoms with van der Waals surface area (Å²) < 4.78 is 1.63. The summed E-state index contributed by atoms with van der Waals surface area (Å²) in [5.74, 6) is -1.11. The number of hydrogen-bond donors (Lipinski definition) is 2. The van der Waals surface area contributed by atoms with E-state index < -0.39 is 11.8 Å². The van der Waals surface area contributed by atoms with Crippen LogP contribution in [0.5, 0.6) is 0 Å². The molecule has 0 aliphatic carbocycles. The monoisotopic (exact) mass is 385 g/mol. The standard InChI is InChI=1S/C20H27N5O3/c1-4-16(15-9-6-5-7-10-15)21-19(27)20(28)22-17-12-14-25(23-17)13-8-11-18(26)24(2)3/h5-7,9-10,12,14,16H,4,8,11,13H2,1-3H3,(H,21,27)(H,22,23,28). The molecule has 28 heavy (non-hydrogen) atoms. The van der Waals surface area contributed by atoms with Gasteiger partial charge in [-0.15, -0.1) is 0 Å². The molecule has 3 amide bonds. The first-order valence-corrected chi connectivity index (χ1v) is 9.31. The first kappa shape index (κ1) is 21.1.